The van der Waals surface area contributed by atoms with Crippen molar-refractivity contribution < 1.29 is 185 Å². The summed E-state index contributed by atoms with van der Waals surface area (Å²) in [7, 11) is -20.6. The van der Waals surface area contributed by atoms with Crippen molar-refractivity contribution in [3.63, 3.8) is 0 Å². The molecular formula is C39H30N12Na4O15S4. The molecule has 1 fully saturated rings. The van der Waals surface area contributed by atoms with E-state index in [-0.39, 0.29) is 205 Å². The van der Waals surface area contributed by atoms with Crippen LogP contribution in [0.3, 0.4) is 0 Å². The fourth-order valence-electron chi connectivity index (χ4n) is 6.93. The first-order valence-electron chi connectivity index (χ1n) is 19.5. The van der Waals surface area contributed by atoms with E-state index < -0.39 is 82.9 Å². The van der Waals surface area contributed by atoms with E-state index in [0.717, 1.165) is 36.4 Å². The van der Waals surface area contributed by atoms with Crippen molar-refractivity contribution in [2.45, 2.75) is 19.6 Å². The number of nitrogen functional groups attached to an aromatic ring is 2. The number of morpholine rings is 1. The van der Waals surface area contributed by atoms with Crippen LogP contribution in [0.1, 0.15) is 0 Å². The minimum Gasteiger partial charge on any atom is -0.744 e. The summed E-state index contributed by atoms with van der Waals surface area (Å²) in [6, 6.07) is 14.9. The van der Waals surface area contributed by atoms with Gasteiger partial charge >= 0.3 is 118 Å². The average Bonchev–Trinajstić information content (AvgIpc) is 3.28. The van der Waals surface area contributed by atoms with Crippen LogP contribution in [-0.4, -0.2) is 103 Å². The van der Waals surface area contributed by atoms with Gasteiger partial charge in [0.05, 0.1) is 54.9 Å². The molecule has 35 heteroatoms. The molecule has 1 saturated heterocycles. The Bertz CT molecular complexity index is 3620. The van der Waals surface area contributed by atoms with Crippen LogP contribution in [-0.2, 0) is 45.2 Å². The van der Waals surface area contributed by atoms with Crippen molar-refractivity contribution in [3.05, 3.63) is 84.9 Å². The molecule has 1 aliphatic heterocycles. The number of fused-ring (bicyclic) bond motifs is 2. The molecule has 8 N–H and O–H groups in total. The zero-order valence-corrected chi connectivity index (χ0v) is 50.2. The van der Waals surface area contributed by atoms with Crippen molar-refractivity contribution in [1.82, 2.24) is 15.0 Å². The maximum atomic E-state index is 12.6. The first kappa shape index (κ1) is 62.8. The number of ether oxygens (including phenoxy) is 1. The van der Waals surface area contributed by atoms with Crippen LogP contribution >= 0.6 is 0 Å². The maximum absolute atomic E-state index is 12.6. The Morgan fingerprint density at radius 1 is 0.527 bits per heavy atom. The summed E-state index contributed by atoms with van der Waals surface area (Å²) >= 11 is 0. The molecule has 6 aromatic carbocycles. The number of nitrogens with one attached hydrogen (secondary N) is 2. The van der Waals surface area contributed by atoms with Crippen LogP contribution < -0.4 is 145 Å². The number of azo groups is 2. The second-order valence-electron chi connectivity index (χ2n) is 14.8. The SMILES string of the molecule is Nc1ccc2cc(S(=O)(=O)[O-])cc(O)c2c1N=Nc1ccc(Nc2nc(Nc3ccc(N=Nc4c(N)ccc5cc(S(=O)(=O)[O-])cc(O)c45)c(S(=O)(=O)[O-])c3)nc(N3CCOCC3)n2)cc1S(=O)(=O)[O-].[Na+].[Na+].[Na+].[Na+]. The third-order valence-electron chi connectivity index (χ3n) is 10.1. The Kier molecular flexibility index (Phi) is 21.0. The van der Waals surface area contributed by atoms with Crippen LogP contribution in [0.4, 0.5) is 63.3 Å². The van der Waals surface area contributed by atoms with E-state index in [4.69, 9.17) is 16.2 Å². The largest absolute Gasteiger partial charge is 1.00 e. The maximum Gasteiger partial charge on any atom is 1.00 e. The van der Waals surface area contributed by atoms with E-state index in [9.17, 15) is 62.1 Å². The van der Waals surface area contributed by atoms with Gasteiger partial charge in [0.25, 0.3) is 0 Å². The third kappa shape index (κ3) is 14.4. The second kappa shape index (κ2) is 24.7. The summed E-state index contributed by atoms with van der Waals surface area (Å²) in [4.78, 5) is 11.5. The van der Waals surface area contributed by atoms with Gasteiger partial charge in [-0.25, -0.2) is 33.7 Å². The zero-order chi connectivity index (χ0) is 50.5. The number of nitrogens with zero attached hydrogens (tertiary/aromatic N) is 8. The van der Waals surface area contributed by atoms with Crippen molar-refractivity contribution in [2.24, 2.45) is 20.5 Å². The van der Waals surface area contributed by atoms with E-state index in [0.29, 0.717) is 25.2 Å². The molecule has 0 saturated carbocycles. The Morgan fingerprint density at radius 3 is 1.28 bits per heavy atom. The minimum absolute atomic E-state index is 0. The number of benzene rings is 6. The van der Waals surface area contributed by atoms with E-state index in [1.165, 1.54) is 36.4 Å². The predicted molar refractivity (Wildman–Crippen MR) is 243 cm³/mol. The van der Waals surface area contributed by atoms with Gasteiger partial charge in [-0.2, -0.15) is 15.0 Å². The molecule has 1 aromatic heterocycles. The summed E-state index contributed by atoms with van der Waals surface area (Å²) in [5.41, 5.74) is 10.2. The number of aromatic hydroxyl groups is 2. The number of hydrogen-bond donors (Lipinski definition) is 6. The van der Waals surface area contributed by atoms with Crippen molar-refractivity contribution in [2.75, 3.05) is 53.3 Å². The average molecular weight is 1130 g/mol. The van der Waals surface area contributed by atoms with E-state index >= 15 is 0 Å². The fourth-order valence-corrected chi connectivity index (χ4v) is 9.26. The van der Waals surface area contributed by atoms with Crippen LogP contribution in [0.5, 0.6) is 11.5 Å². The molecule has 0 spiro atoms. The van der Waals surface area contributed by atoms with Crippen molar-refractivity contribution in [3.8, 4) is 11.5 Å². The van der Waals surface area contributed by atoms with E-state index in [1.54, 1.807) is 4.90 Å². The van der Waals surface area contributed by atoms with Gasteiger partial charge in [0.2, 0.25) is 17.8 Å². The molecule has 8 rings (SSSR count). The summed E-state index contributed by atoms with van der Waals surface area (Å²) < 4.78 is 151. The smallest absolute Gasteiger partial charge is 0.744 e. The van der Waals surface area contributed by atoms with Gasteiger partial charge in [0, 0.05) is 24.5 Å². The van der Waals surface area contributed by atoms with Gasteiger partial charge < -0.3 is 60.2 Å². The van der Waals surface area contributed by atoms with Gasteiger partial charge in [0.15, 0.2) is 0 Å². The van der Waals surface area contributed by atoms with Gasteiger partial charge in [-0.05, 0) is 83.6 Å². The summed E-state index contributed by atoms with van der Waals surface area (Å²) in [6.07, 6.45) is 0. The predicted octanol–water partition coefficient (Wildman–Crippen LogP) is -7.46. The van der Waals surface area contributed by atoms with Crippen LogP contribution in [0.15, 0.2) is 125 Å². The molecule has 0 aliphatic carbocycles. The van der Waals surface area contributed by atoms with E-state index in [2.05, 4.69) is 46.0 Å². The Morgan fingerprint density at radius 2 is 0.919 bits per heavy atom. The number of aromatic nitrogens is 3. The Balaban J connectivity index is 0.00000296. The normalized spacial score (nSPS) is 13.2. The van der Waals surface area contributed by atoms with Crippen LogP contribution in [0, 0.1) is 0 Å². The molecule has 2 heterocycles. The number of phenolic OH excluding ortho intramolecular Hbond substituents is 2. The first-order valence-corrected chi connectivity index (χ1v) is 25.2. The first-order chi connectivity index (χ1) is 32.8. The topological polar surface area (TPSA) is 446 Å². The molecule has 0 bridgehead atoms. The molecule has 74 heavy (non-hydrogen) atoms. The number of hydrogen-bond acceptors (Lipinski definition) is 27. The molecule has 0 radical (unpaired) electrons. The molecule has 0 unspecified atom stereocenters. The van der Waals surface area contributed by atoms with Gasteiger partial charge in [-0.3, -0.25) is 0 Å². The molecule has 0 atom stereocenters. The van der Waals surface area contributed by atoms with Gasteiger partial charge in [-0.1, -0.05) is 12.1 Å². The Hall–Kier alpha value is -3.75. The molecule has 1 aliphatic rings. The molecule has 0 amide bonds. The van der Waals surface area contributed by atoms with Crippen molar-refractivity contribution >= 4 is 125 Å². The summed E-state index contributed by atoms with van der Waals surface area (Å²) in [5.74, 6) is -1.89. The van der Waals surface area contributed by atoms with Crippen molar-refractivity contribution in [1.29, 1.82) is 0 Å². The Labute approximate surface area is 508 Å². The number of rotatable bonds is 13. The fraction of sp³-hybridized carbons (Fsp3) is 0.103. The van der Waals surface area contributed by atoms with E-state index in [1.807, 2.05) is 0 Å². The summed E-state index contributed by atoms with van der Waals surface area (Å²) in [6.45, 7) is 1.16. The number of anilines is 7. The van der Waals surface area contributed by atoms with Crippen LogP contribution in [0.25, 0.3) is 21.5 Å². The monoisotopic (exact) mass is 1130 g/mol. The zero-order valence-electron chi connectivity index (χ0n) is 39.0. The molecule has 27 nitrogen and oxygen atoms in total. The summed E-state index contributed by atoms with van der Waals surface area (Å²) in [5, 5.41) is 42.3. The number of nitrogens with two attached hydrogens (primary N) is 2. The third-order valence-corrected chi connectivity index (χ3v) is 13.5. The standard InChI is InChI=1S/C39H34N12O15S4.4Na/c40-25-5-1-19-13-23(67(54,55)56)17-29(52)33(19)35(25)49-47-27-7-3-21(15-31(27)69(60,61)62)42-37-44-38(46-39(45-37)51-9-11-66-12-10-51)43-22-4-8-28(32(16-22)70(63,64)65)48-50-36-26(41)6-2-20-14-24(68(57,58)59)18-30(53)34(20)36;;;;/h1-8,13-18,52-53H,9-12,40-41H2,(H,54,55,56)(H,57,58,59)(H,60,61,62)(H,63,64,65)(H2,42,43,44,45,46);;;;/q;4*+1/p-4. The number of phenols is 2. The molecular weight excluding hydrogens is 1100 g/mol. The van der Waals surface area contributed by atoms with Crippen LogP contribution in [0.2, 0.25) is 0 Å². The molecule has 364 valence electrons. The van der Waals surface area contributed by atoms with Gasteiger partial charge in [0.1, 0.15) is 74.7 Å². The van der Waals surface area contributed by atoms with Gasteiger partial charge in [-0.15, -0.1) is 20.5 Å². The quantitative estimate of drug-likeness (QED) is 0.0270. The molecule has 7 aromatic rings. The minimum atomic E-state index is -5.32. The second-order valence-corrected chi connectivity index (χ2v) is 20.3.